The van der Waals surface area contributed by atoms with Crippen molar-refractivity contribution >= 4 is 11.9 Å². The van der Waals surface area contributed by atoms with Crippen molar-refractivity contribution in [3.8, 4) is 0 Å². The van der Waals surface area contributed by atoms with Crippen molar-refractivity contribution in [2.24, 2.45) is 23.7 Å². The maximum Gasteiger partial charge on any atom is 0.310 e. The number of hydrogen-bond acceptors (Lipinski definition) is 4. The van der Waals surface area contributed by atoms with Gasteiger partial charge in [0.05, 0.1) is 25.0 Å². The molecule has 4 nitrogen and oxygen atoms in total. The Morgan fingerprint density at radius 2 is 1.14 bits per heavy atom. The van der Waals surface area contributed by atoms with E-state index in [0.717, 1.165) is 70.6 Å². The summed E-state index contributed by atoms with van der Waals surface area (Å²) in [6, 6.07) is 0. The Hall–Kier alpha value is -1.84. The summed E-state index contributed by atoms with van der Waals surface area (Å²) < 4.78 is 11.1. The minimum Gasteiger partial charge on any atom is -0.465 e. The molecule has 4 unspecified atom stereocenters. The zero-order valence-corrected chi connectivity index (χ0v) is 17.9. The van der Waals surface area contributed by atoms with Gasteiger partial charge in [0.25, 0.3) is 0 Å². The maximum atomic E-state index is 12.7. The number of fused-ring (bicyclic) bond motifs is 2. The lowest BCUT2D eigenvalue weighted by Crippen LogP contribution is -2.35. The number of hydrogen-bond donors (Lipinski definition) is 0. The molecule has 0 amide bonds. The van der Waals surface area contributed by atoms with Gasteiger partial charge in [0, 0.05) is 0 Å². The summed E-state index contributed by atoms with van der Waals surface area (Å²) in [7, 11) is 0. The number of allylic oxidation sites excluding steroid dienone is 4. The molecule has 0 spiro atoms. The van der Waals surface area contributed by atoms with Crippen molar-refractivity contribution in [2.45, 2.75) is 70.6 Å². The second-order valence-electron chi connectivity index (χ2n) is 8.32. The SMILES string of the molecule is C=CCCCCCCOC(=O)C1C2C=CC(C2)C1C(=O)OCCCCCCC=C. The predicted octanol–water partition coefficient (Wildman–Crippen LogP) is 5.78. The van der Waals surface area contributed by atoms with E-state index in [1.165, 1.54) is 0 Å². The number of esters is 2. The standard InChI is InChI=1S/C25H38O4/c1-3-5-7-9-11-13-17-28-24(26)22-20-15-16-21(19-20)23(22)25(27)29-18-14-12-10-8-6-4-2/h3-4,15-16,20-23H,1-2,5-14,17-19H2. The summed E-state index contributed by atoms with van der Waals surface area (Å²) in [5.41, 5.74) is 0. The lowest BCUT2D eigenvalue weighted by molar-refractivity contribution is -0.161. The number of rotatable bonds is 16. The van der Waals surface area contributed by atoms with Crippen LogP contribution in [0.3, 0.4) is 0 Å². The Labute approximate surface area is 176 Å². The fraction of sp³-hybridized carbons (Fsp3) is 0.680. The van der Waals surface area contributed by atoms with E-state index in [-0.39, 0.29) is 35.6 Å². The second kappa shape index (κ2) is 13.4. The van der Waals surface area contributed by atoms with Gasteiger partial charge in [-0.15, -0.1) is 13.2 Å². The summed E-state index contributed by atoms with van der Waals surface area (Å²) in [6.07, 6.45) is 19.3. The highest BCUT2D eigenvalue weighted by molar-refractivity contribution is 5.84. The topological polar surface area (TPSA) is 52.6 Å². The molecule has 2 rings (SSSR count). The minimum absolute atomic E-state index is 0.122. The molecule has 2 bridgehead atoms. The van der Waals surface area contributed by atoms with E-state index in [1.54, 1.807) is 0 Å². The largest absolute Gasteiger partial charge is 0.465 e. The summed E-state index contributed by atoms with van der Waals surface area (Å²) in [6.45, 7) is 8.33. The summed E-state index contributed by atoms with van der Waals surface area (Å²) in [5.74, 6) is -0.941. The predicted molar refractivity (Wildman–Crippen MR) is 116 cm³/mol. The molecule has 0 radical (unpaired) electrons. The number of carbonyl (C=O) groups excluding carboxylic acids is 2. The normalized spacial score (nSPS) is 24.4. The molecule has 162 valence electrons. The van der Waals surface area contributed by atoms with Crippen LogP contribution in [-0.4, -0.2) is 25.2 Å². The van der Waals surface area contributed by atoms with Crippen LogP contribution in [0.5, 0.6) is 0 Å². The van der Waals surface area contributed by atoms with Crippen molar-refractivity contribution in [2.75, 3.05) is 13.2 Å². The lowest BCUT2D eigenvalue weighted by atomic mass is 9.83. The van der Waals surface area contributed by atoms with E-state index < -0.39 is 0 Å². The van der Waals surface area contributed by atoms with Crippen LogP contribution in [-0.2, 0) is 19.1 Å². The van der Waals surface area contributed by atoms with Gasteiger partial charge in [0.1, 0.15) is 0 Å². The first-order valence-corrected chi connectivity index (χ1v) is 11.4. The first kappa shape index (κ1) is 23.4. The molecule has 0 heterocycles. The Morgan fingerprint density at radius 3 is 1.55 bits per heavy atom. The third kappa shape index (κ3) is 7.49. The highest BCUT2D eigenvalue weighted by Gasteiger charge is 2.53. The summed E-state index contributed by atoms with van der Waals surface area (Å²) in [4.78, 5) is 25.4. The molecule has 4 heteroatoms. The molecule has 0 aromatic heterocycles. The highest BCUT2D eigenvalue weighted by Crippen LogP contribution is 2.49. The Morgan fingerprint density at radius 1 is 0.724 bits per heavy atom. The number of carbonyl (C=O) groups is 2. The molecule has 2 aliphatic rings. The van der Waals surface area contributed by atoms with Crippen LogP contribution in [0.15, 0.2) is 37.5 Å². The molecule has 29 heavy (non-hydrogen) atoms. The molecule has 0 N–H and O–H groups in total. The molecule has 4 atom stereocenters. The summed E-state index contributed by atoms with van der Waals surface area (Å²) in [5, 5.41) is 0. The Kier molecular flexibility index (Phi) is 10.8. The molecular formula is C25H38O4. The van der Waals surface area contributed by atoms with Crippen molar-refractivity contribution in [1.82, 2.24) is 0 Å². The van der Waals surface area contributed by atoms with Crippen LogP contribution in [0.1, 0.15) is 70.6 Å². The monoisotopic (exact) mass is 402 g/mol. The third-order valence-electron chi connectivity index (χ3n) is 6.10. The summed E-state index contributed by atoms with van der Waals surface area (Å²) >= 11 is 0. The first-order chi connectivity index (χ1) is 14.2. The van der Waals surface area contributed by atoms with E-state index in [2.05, 4.69) is 25.3 Å². The fourth-order valence-corrected chi connectivity index (χ4v) is 4.49. The van der Waals surface area contributed by atoms with E-state index >= 15 is 0 Å². The quantitative estimate of drug-likeness (QED) is 0.186. The van der Waals surface area contributed by atoms with Crippen LogP contribution < -0.4 is 0 Å². The van der Waals surface area contributed by atoms with Crippen molar-refractivity contribution in [3.63, 3.8) is 0 Å². The van der Waals surface area contributed by atoms with Gasteiger partial charge < -0.3 is 9.47 Å². The highest BCUT2D eigenvalue weighted by atomic mass is 16.5. The number of ether oxygens (including phenoxy) is 2. The molecule has 2 aliphatic carbocycles. The molecule has 0 aromatic carbocycles. The van der Waals surface area contributed by atoms with Crippen LogP contribution in [0.25, 0.3) is 0 Å². The van der Waals surface area contributed by atoms with E-state index in [0.29, 0.717) is 13.2 Å². The third-order valence-corrected chi connectivity index (χ3v) is 6.10. The zero-order valence-electron chi connectivity index (χ0n) is 17.9. The van der Waals surface area contributed by atoms with Crippen LogP contribution in [0.2, 0.25) is 0 Å². The second-order valence-corrected chi connectivity index (χ2v) is 8.32. The molecule has 1 saturated carbocycles. The van der Waals surface area contributed by atoms with Gasteiger partial charge in [0.2, 0.25) is 0 Å². The van der Waals surface area contributed by atoms with E-state index in [1.807, 2.05) is 12.2 Å². The molecule has 1 fully saturated rings. The van der Waals surface area contributed by atoms with Gasteiger partial charge >= 0.3 is 11.9 Å². The van der Waals surface area contributed by atoms with Gasteiger partial charge in [-0.25, -0.2) is 0 Å². The van der Waals surface area contributed by atoms with Crippen LogP contribution >= 0.6 is 0 Å². The fourth-order valence-electron chi connectivity index (χ4n) is 4.49. The van der Waals surface area contributed by atoms with E-state index in [9.17, 15) is 9.59 Å². The molecular weight excluding hydrogens is 364 g/mol. The van der Waals surface area contributed by atoms with Crippen LogP contribution in [0, 0.1) is 23.7 Å². The average molecular weight is 403 g/mol. The van der Waals surface area contributed by atoms with Crippen molar-refractivity contribution < 1.29 is 19.1 Å². The van der Waals surface area contributed by atoms with E-state index in [4.69, 9.17) is 9.47 Å². The zero-order chi connectivity index (χ0) is 20.9. The van der Waals surface area contributed by atoms with Crippen LogP contribution in [0.4, 0.5) is 0 Å². The van der Waals surface area contributed by atoms with Gasteiger partial charge in [0.15, 0.2) is 0 Å². The molecule has 0 aliphatic heterocycles. The van der Waals surface area contributed by atoms with Gasteiger partial charge in [-0.05, 0) is 56.8 Å². The number of unbranched alkanes of at least 4 members (excludes halogenated alkanes) is 8. The van der Waals surface area contributed by atoms with Crippen molar-refractivity contribution in [3.05, 3.63) is 37.5 Å². The molecule has 0 aromatic rings. The Balaban J connectivity index is 1.70. The minimum atomic E-state index is -0.370. The van der Waals surface area contributed by atoms with Gasteiger partial charge in [-0.1, -0.05) is 50.0 Å². The van der Waals surface area contributed by atoms with Gasteiger partial charge in [-0.3, -0.25) is 9.59 Å². The average Bonchev–Trinajstić information content (AvgIpc) is 3.34. The van der Waals surface area contributed by atoms with Crippen molar-refractivity contribution in [1.29, 1.82) is 0 Å². The lowest BCUT2D eigenvalue weighted by Gasteiger charge is -2.25. The van der Waals surface area contributed by atoms with Gasteiger partial charge in [-0.2, -0.15) is 0 Å². The molecule has 0 saturated heterocycles. The first-order valence-electron chi connectivity index (χ1n) is 11.4. The maximum absolute atomic E-state index is 12.7. The Bertz CT molecular complexity index is 517. The smallest absolute Gasteiger partial charge is 0.310 e.